The largest absolute Gasteiger partial charge is 0.357 e. The van der Waals surface area contributed by atoms with E-state index in [1.807, 2.05) is 48.5 Å². The number of allylic oxidation sites excluding steroid dienone is 1. The third kappa shape index (κ3) is 4.07. The number of Topliss-reactive ketones (excluding diaryl/α,β-unsaturated/α-hetero) is 1. The SMILES string of the molecule is CC1(C)CC(=O)C2=C(C1)Nc1ccccc1N(C(=O)c1ccc(F)cc1)[C@H]2c1ccc(Br)cc1. The van der Waals surface area contributed by atoms with Gasteiger partial charge in [0.15, 0.2) is 5.78 Å². The molecule has 34 heavy (non-hydrogen) atoms. The highest BCUT2D eigenvalue weighted by Gasteiger charge is 2.43. The number of carbonyl (C=O) groups is 2. The monoisotopic (exact) mass is 518 g/mol. The van der Waals surface area contributed by atoms with E-state index >= 15 is 0 Å². The van der Waals surface area contributed by atoms with Crippen molar-refractivity contribution < 1.29 is 14.0 Å². The van der Waals surface area contributed by atoms with Gasteiger partial charge in [0.1, 0.15) is 5.82 Å². The first-order chi connectivity index (χ1) is 16.2. The van der Waals surface area contributed by atoms with Crippen molar-refractivity contribution >= 4 is 39.0 Å². The van der Waals surface area contributed by atoms with Crippen LogP contribution in [-0.2, 0) is 4.79 Å². The molecule has 4 nitrogen and oxygen atoms in total. The van der Waals surface area contributed by atoms with Crippen LogP contribution in [0.5, 0.6) is 0 Å². The Morgan fingerprint density at radius 1 is 1.00 bits per heavy atom. The Morgan fingerprint density at radius 3 is 2.38 bits per heavy atom. The van der Waals surface area contributed by atoms with E-state index in [1.54, 1.807) is 4.90 Å². The van der Waals surface area contributed by atoms with E-state index in [0.717, 1.165) is 21.4 Å². The number of carbonyl (C=O) groups excluding carboxylic acids is 2. The molecule has 1 heterocycles. The molecule has 172 valence electrons. The molecule has 0 saturated heterocycles. The fourth-order valence-corrected chi connectivity index (χ4v) is 5.17. The molecule has 0 radical (unpaired) electrons. The van der Waals surface area contributed by atoms with Gasteiger partial charge in [0, 0.05) is 27.7 Å². The molecule has 3 aromatic rings. The lowest BCUT2D eigenvalue weighted by Crippen LogP contribution is -2.39. The molecule has 0 aromatic heterocycles. The average molecular weight is 519 g/mol. The molecule has 0 spiro atoms. The highest BCUT2D eigenvalue weighted by atomic mass is 79.9. The molecule has 0 bridgehead atoms. The van der Waals surface area contributed by atoms with Gasteiger partial charge in [-0.05, 0) is 65.9 Å². The Morgan fingerprint density at radius 2 is 1.68 bits per heavy atom. The van der Waals surface area contributed by atoms with Crippen LogP contribution in [0.1, 0.15) is 48.7 Å². The second kappa shape index (κ2) is 8.51. The predicted octanol–water partition coefficient (Wildman–Crippen LogP) is 7.05. The van der Waals surface area contributed by atoms with Crippen LogP contribution in [0.15, 0.2) is 88.5 Å². The normalized spacial score (nSPS) is 19.1. The highest BCUT2D eigenvalue weighted by Crippen LogP contribution is 2.48. The molecule has 1 atom stereocenters. The Hall–Kier alpha value is -3.25. The summed E-state index contributed by atoms with van der Waals surface area (Å²) in [6.45, 7) is 4.17. The number of amides is 1. The van der Waals surface area contributed by atoms with Crippen LogP contribution in [0.2, 0.25) is 0 Å². The summed E-state index contributed by atoms with van der Waals surface area (Å²) in [6.07, 6.45) is 1.09. The second-order valence-corrected chi connectivity index (χ2v) is 10.5. The summed E-state index contributed by atoms with van der Waals surface area (Å²) >= 11 is 3.49. The lowest BCUT2D eigenvalue weighted by atomic mass is 9.73. The molecule has 1 aliphatic heterocycles. The van der Waals surface area contributed by atoms with Crippen molar-refractivity contribution in [1.82, 2.24) is 0 Å². The van der Waals surface area contributed by atoms with Gasteiger partial charge in [0.25, 0.3) is 5.91 Å². The summed E-state index contributed by atoms with van der Waals surface area (Å²) < 4.78 is 14.5. The summed E-state index contributed by atoms with van der Waals surface area (Å²) in [6, 6.07) is 20.2. The lowest BCUT2D eigenvalue weighted by molar-refractivity contribution is -0.118. The number of halogens is 2. The van der Waals surface area contributed by atoms with Gasteiger partial charge >= 0.3 is 0 Å². The maximum Gasteiger partial charge on any atom is 0.259 e. The van der Waals surface area contributed by atoms with Gasteiger partial charge in [0.05, 0.1) is 17.4 Å². The van der Waals surface area contributed by atoms with Crippen LogP contribution in [0.4, 0.5) is 15.8 Å². The van der Waals surface area contributed by atoms with Crippen LogP contribution in [0.25, 0.3) is 0 Å². The summed E-state index contributed by atoms with van der Waals surface area (Å²) in [5, 5.41) is 3.50. The molecule has 0 unspecified atom stereocenters. The molecular weight excluding hydrogens is 495 g/mol. The number of benzene rings is 3. The van der Waals surface area contributed by atoms with E-state index in [4.69, 9.17) is 0 Å². The van der Waals surface area contributed by atoms with E-state index in [2.05, 4.69) is 35.1 Å². The third-order valence-corrected chi connectivity index (χ3v) is 6.93. The Labute approximate surface area is 206 Å². The minimum Gasteiger partial charge on any atom is -0.357 e. The van der Waals surface area contributed by atoms with Crippen molar-refractivity contribution in [2.75, 3.05) is 10.2 Å². The predicted molar refractivity (Wildman–Crippen MR) is 135 cm³/mol. The number of nitrogens with zero attached hydrogens (tertiary/aromatic N) is 1. The van der Waals surface area contributed by atoms with Crippen LogP contribution in [0, 0.1) is 11.2 Å². The van der Waals surface area contributed by atoms with Gasteiger partial charge < -0.3 is 5.32 Å². The maximum atomic E-state index is 14.0. The minimum absolute atomic E-state index is 0.0244. The number of para-hydroxylation sites is 2. The molecule has 0 fully saturated rings. The molecule has 6 heteroatoms. The van der Waals surface area contributed by atoms with Crippen molar-refractivity contribution in [2.24, 2.45) is 5.41 Å². The summed E-state index contributed by atoms with van der Waals surface area (Å²) in [5.74, 6) is -0.682. The number of hydrogen-bond donors (Lipinski definition) is 1. The van der Waals surface area contributed by atoms with Crippen molar-refractivity contribution in [3.05, 3.63) is 105 Å². The van der Waals surface area contributed by atoms with E-state index in [9.17, 15) is 14.0 Å². The molecule has 1 N–H and O–H groups in total. The first kappa shape index (κ1) is 22.5. The van der Waals surface area contributed by atoms with Gasteiger partial charge in [0.2, 0.25) is 0 Å². The van der Waals surface area contributed by atoms with Crippen LogP contribution in [-0.4, -0.2) is 11.7 Å². The fourth-order valence-electron chi connectivity index (χ4n) is 4.90. The van der Waals surface area contributed by atoms with E-state index in [-0.39, 0.29) is 17.1 Å². The first-order valence-corrected chi connectivity index (χ1v) is 12.0. The highest BCUT2D eigenvalue weighted by molar-refractivity contribution is 9.10. The number of fused-ring (bicyclic) bond motifs is 1. The molecule has 1 amide bonds. The Balaban J connectivity index is 1.78. The zero-order valence-electron chi connectivity index (χ0n) is 18.9. The van der Waals surface area contributed by atoms with E-state index in [1.165, 1.54) is 24.3 Å². The van der Waals surface area contributed by atoms with Gasteiger partial charge in [-0.1, -0.05) is 54.0 Å². The topological polar surface area (TPSA) is 49.4 Å². The number of hydrogen-bond acceptors (Lipinski definition) is 3. The summed E-state index contributed by atoms with van der Waals surface area (Å²) in [4.78, 5) is 29.3. The lowest BCUT2D eigenvalue weighted by Gasteiger charge is -2.37. The van der Waals surface area contributed by atoms with Crippen LogP contribution in [0.3, 0.4) is 0 Å². The molecule has 2 aliphatic rings. The van der Waals surface area contributed by atoms with Crippen LogP contribution < -0.4 is 10.2 Å². The third-order valence-electron chi connectivity index (χ3n) is 6.40. The van der Waals surface area contributed by atoms with Crippen molar-refractivity contribution in [3.63, 3.8) is 0 Å². The van der Waals surface area contributed by atoms with Gasteiger partial charge in [-0.3, -0.25) is 14.5 Å². The molecular formula is C28H24BrFN2O2. The first-order valence-electron chi connectivity index (χ1n) is 11.2. The number of nitrogens with one attached hydrogen (secondary N) is 1. The van der Waals surface area contributed by atoms with Crippen molar-refractivity contribution in [2.45, 2.75) is 32.7 Å². The number of ketones is 1. The Bertz CT molecular complexity index is 1310. The molecule has 5 rings (SSSR count). The van der Waals surface area contributed by atoms with Gasteiger partial charge in [-0.15, -0.1) is 0 Å². The van der Waals surface area contributed by atoms with E-state index in [0.29, 0.717) is 29.7 Å². The summed E-state index contributed by atoms with van der Waals surface area (Å²) in [5.41, 5.74) is 3.87. The quantitative estimate of drug-likeness (QED) is 0.395. The molecule has 0 saturated carbocycles. The smallest absolute Gasteiger partial charge is 0.259 e. The molecule has 1 aliphatic carbocycles. The minimum atomic E-state index is -0.625. The van der Waals surface area contributed by atoms with Crippen LogP contribution >= 0.6 is 15.9 Å². The zero-order valence-corrected chi connectivity index (χ0v) is 20.5. The average Bonchev–Trinajstić information content (AvgIpc) is 2.93. The van der Waals surface area contributed by atoms with Crippen molar-refractivity contribution in [3.8, 4) is 0 Å². The summed E-state index contributed by atoms with van der Waals surface area (Å²) in [7, 11) is 0. The van der Waals surface area contributed by atoms with Gasteiger partial charge in [-0.25, -0.2) is 4.39 Å². The number of anilines is 2. The standard InChI is InChI=1S/C28H24BrFN2O2/c1-28(2)15-22-25(24(33)16-28)26(17-7-11-19(29)12-8-17)32(23-6-4-3-5-21(23)31-22)27(34)18-9-13-20(30)14-10-18/h3-14,26,31H,15-16H2,1-2H3/t26-/m0/s1. The second-order valence-electron chi connectivity index (χ2n) is 9.61. The number of rotatable bonds is 2. The van der Waals surface area contributed by atoms with Crippen molar-refractivity contribution in [1.29, 1.82) is 0 Å². The zero-order chi connectivity index (χ0) is 24.0. The fraction of sp³-hybridized carbons (Fsp3) is 0.214. The maximum absolute atomic E-state index is 14.0. The Kier molecular flexibility index (Phi) is 5.64. The van der Waals surface area contributed by atoms with Gasteiger partial charge in [-0.2, -0.15) is 0 Å². The molecule has 3 aromatic carbocycles. The van der Waals surface area contributed by atoms with E-state index < -0.39 is 11.9 Å².